The van der Waals surface area contributed by atoms with E-state index in [0.717, 1.165) is 72.8 Å². The van der Waals surface area contributed by atoms with Crippen molar-refractivity contribution in [1.82, 2.24) is 0 Å². The predicted octanol–water partition coefficient (Wildman–Crippen LogP) is 13.4. The molecule has 0 bridgehead atoms. The van der Waals surface area contributed by atoms with Gasteiger partial charge in [0, 0.05) is 33.4 Å². The average Bonchev–Trinajstić information content (AvgIpc) is 3.74. The Bertz CT molecular complexity index is 2790. The molecule has 0 radical (unpaired) electrons. The summed E-state index contributed by atoms with van der Waals surface area (Å²) in [5.74, 6) is 1.71. The molecule has 10 rings (SSSR count). The van der Waals surface area contributed by atoms with Crippen LogP contribution < -0.4 is 9.64 Å². The van der Waals surface area contributed by atoms with Crippen LogP contribution in [0.4, 0.5) is 17.1 Å². The number of fused-ring (bicyclic) bond motifs is 10. The van der Waals surface area contributed by atoms with Crippen LogP contribution in [0.25, 0.3) is 44.2 Å². The average molecular weight is 682 g/mol. The molecular weight excluding hydrogens is 647 g/mol. The third-order valence-corrected chi connectivity index (χ3v) is 11.0. The molecule has 1 aliphatic heterocycles. The third-order valence-electron chi connectivity index (χ3n) is 11.0. The Morgan fingerprint density at radius 1 is 0.566 bits per heavy atom. The Labute approximate surface area is 309 Å². The van der Waals surface area contributed by atoms with E-state index in [0.29, 0.717) is 0 Å². The first kappa shape index (κ1) is 30.9. The molecule has 0 saturated heterocycles. The molecule has 1 atom stereocenters. The molecule has 0 N–H and O–H groups in total. The van der Waals surface area contributed by atoms with Gasteiger partial charge in [0.2, 0.25) is 0 Å². The van der Waals surface area contributed by atoms with E-state index >= 15 is 0 Å². The van der Waals surface area contributed by atoms with Crippen molar-refractivity contribution in [3.8, 4) is 28.0 Å². The Morgan fingerprint density at radius 2 is 1.23 bits per heavy atom. The minimum Gasteiger partial charge on any atom is -0.457 e. The molecule has 3 heteroatoms. The molecule has 1 aromatic heterocycles. The van der Waals surface area contributed by atoms with E-state index in [2.05, 4.69) is 170 Å². The monoisotopic (exact) mass is 681 g/mol. The predicted molar refractivity (Wildman–Crippen MR) is 218 cm³/mol. The number of para-hydroxylation sites is 3. The summed E-state index contributed by atoms with van der Waals surface area (Å²) < 4.78 is 12.8. The van der Waals surface area contributed by atoms with E-state index in [-0.39, 0.29) is 0 Å². The summed E-state index contributed by atoms with van der Waals surface area (Å²) in [6.45, 7) is 6.15. The summed E-state index contributed by atoms with van der Waals surface area (Å²) in [6.07, 6.45) is 5.79. The molecule has 3 nitrogen and oxygen atoms in total. The second kappa shape index (κ2) is 12.1. The van der Waals surface area contributed by atoms with Crippen molar-refractivity contribution in [2.45, 2.75) is 12.3 Å². The lowest BCUT2D eigenvalue weighted by atomic mass is 9.66. The number of nitrogens with zero attached hydrogens (tertiary/aromatic N) is 1. The molecule has 1 spiro atoms. The summed E-state index contributed by atoms with van der Waals surface area (Å²) in [4.78, 5) is 2.36. The number of rotatable bonds is 6. The third kappa shape index (κ3) is 4.60. The van der Waals surface area contributed by atoms with Gasteiger partial charge in [0.1, 0.15) is 22.7 Å². The van der Waals surface area contributed by atoms with Crippen molar-refractivity contribution >= 4 is 39.0 Å². The zero-order chi connectivity index (χ0) is 35.5. The minimum absolute atomic E-state index is 0.546. The second-order valence-electron chi connectivity index (χ2n) is 13.7. The maximum absolute atomic E-state index is 6.60. The van der Waals surface area contributed by atoms with Gasteiger partial charge in [-0.15, -0.1) is 0 Å². The molecule has 53 heavy (non-hydrogen) atoms. The Morgan fingerprint density at radius 3 is 2.08 bits per heavy atom. The fourth-order valence-electron chi connectivity index (χ4n) is 8.69. The van der Waals surface area contributed by atoms with Crippen LogP contribution in [0, 0.1) is 0 Å². The number of ether oxygens (including phenoxy) is 1. The van der Waals surface area contributed by atoms with Crippen molar-refractivity contribution in [1.29, 1.82) is 0 Å². The maximum Gasteiger partial charge on any atom is 0.136 e. The van der Waals surface area contributed by atoms with Crippen LogP contribution >= 0.6 is 0 Å². The summed E-state index contributed by atoms with van der Waals surface area (Å²) >= 11 is 0. The molecule has 0 saturated carbocycles. The van der Waals surface area contributed by atoms with Gasteiger partial charge in [0.25, 0.3) is 0 Å². The molecule has 1 aliphatic carbocycles. The Hall–Kier alpha value is -6.84. The van der Waals surface area contributed by atoms with E-state index in [1.54, 1.807) is 6.08 Å². The molecule has 2 heterocycles. The second-order valence-corrected chi connectivity index (χ2v) is 13.7. The van der Waals surface area contributed by atoms with Gasteiger partial charge in [-0.2, -0.15) is 0 Å². The van der Waals surface area contributed by atoms with Crippen LogP contribution in [0.5, 0.6) is 5.75 Å². The summed E-state index contributed by atoms with van der Waals surface area (Å²) in [5, 5.41) is 2.27. The minimum atomic E-state index is -0.546. The largest absolute Gasteiger partial charge is 0.457 e. The fraction of sp³-hybridized carbons (Fsp3) is 0.0400. The highest BCUT2D eigenvalue weighted by atomic mass is 16.5. The highest BCUT2D eigenvalue weighted by Gasteiger charge is 2.50. The first-order valence-electron chi connectivity index (χ1n) is 18.0. The van der Waals surface area contributed by atoms with Crippen LogP contribution in [-0.4, -0.2) is 0 Å². The zero-order valence-corrected chi connectivity index (χ0v) is 29.3. The lowest BCUT2D eigenvalue weighted by molar-refractivity contribution is 0.399. The van der Waals surface area contributed by atoms with Crippen molar-refractivity contribution in [3.63, 3.8) is 0 Å². The van der Waals surface area contributed by atoms with Crippen LogP contribution in [0.1, 0.15) is 23.6 Å². The first-order valence-corrected chi connectivity index (χ1v) is 18.0. The molecule has 1 unspecified atom stereocenters. The van der Waals surface area contributed by atoms with Gasteiger partial charge >= 0.3 is 0 Å². The van der Waals surface area contributed by atoms with Crippen molar-refractivity contribution < 1.29 is 9.15 Å². The molecule has 8 aromatic rings. The Kier molecular flexibility index (Phi) is 7.09. The highest BCUT2D eigenvalue weighted by molar-refractivity contribution is 6.12. The molecule has 7 aromatic carbocycles. The van der Waals surface area contributed by atoms with E-state index in [9.17, 15) is 0 Å². The number of benzene rings is 7. The van der Waals surface area contributed by atoms with Crippen LogP contribution in [-0.2, 0) is 5.41 Å². The number of allylic oxidation sites excluding steroid dienone is 4. The number of furan rings is 1. The van der Waals surface area contributed by atoms with Gasteiger partial charge in [-0.1, -0.05) is 128 Å². The fourth-order valence-corrected chi connectivity index (χ4v) is 8.69. The number of anilines is 3. The quantitative estimate of drug-likeness (QED) is 0.163. The SMILES string of the molecule is C=C/C=C\C1=C(C)C2(c3ccccc3O1)c1ccccc1-c1ccc(N(c3ccccc3)c3ccc(-c4cccc5oc6ccccc6c45)cc3)cc12. The normalized spacial score (nSPS) is 15.8. The van der Waals surface area contributed by atoms with Crippen molar-refractivity contribution in [2.24, 2.45) is 0 Å². The summed E-state index contributed by atoms with van der Waals surface area (Å²) in [5.41, 5.74) is 14.1. The number of hydrogen-bond donors (Lipinski definition) is 0. The standard InChI is InChI=1S/C50H35NO2/c1-3-4-22-45-33(2)50(43-21-11-13-24-47(43)52-45)42-20-10-8-17-39(42)40-31-30-37(32-44(40)50)51(35-15-6-5-7-16-35)36-28-26-34(27-29-36)38-19-14-25-48-49(38)41-18-9-12-23-46(41)53-48/h3-32H,1H2,2H3/b22-4-. The van der Waals surface area contributed by atoms with Gasteiger partial charge in [-0.05, 0) is 107 Å². The van der Waals surface area contributed by atoms with E-state index in [4.69, 9.17) is 9.15 Å². The van der Waals surface area contributed by atoms with Crippen molar-refractivity contribution in [3.05, 3.63) is 217 Å². The van der Waals surface area contributed by atoms with E-state index in [1.165, 1.54) is 22.3 Å². The van der Waals surface area contributed by atoms with E-state index < -0.39 is 5.41 Å². The zero-order valence-electron chi connectivity index (χ0n) is 29.3. The topological polar surface area (TPSA) is 25.6 Å². The number of hydrogen-bond acceptors (Lipinski definition) is 3. The molecule has 0 amide bonds. The van der Waals surface area contributed by atoms with Gasteiger partial charge in [-0.3, -0.25) is 0 Å². The molecule has 2 aliphatic rings. The van der Waals surface area contributed by atoms with Crippen LogP contribution in [0.3, 0.4) is 0 Å². The summed E-state index contributed by atoms with van der Waals surface area (Å²) in [6, 6.07) is 58.4. The van der Waals surface area contributed by atoms with Gasteiger partial charge < -0.3 is 14.1 Å². The molecule has 252 valence electrons. The maximum atomic E-state index is 6.60. The van der Waals surface area contributed by atoms with Gasteiger partial charge in [0.15, 0.2) is 0 Å². The van der Waals surface area contributed by atoms with Gasteiger partial charge in [0.05, 0.1) is 5.41 Å². The molecule has 0 fully saturated rings. The Balaban J connectivity index is 1.17. The summed E-state index contributed by atoms with van der Waals surface area (Å²) in [7, 11) is 0. The van der Waals surface area contributed by atoms with Crippen LogP contribution in [0.2, 0.25) is 0 Å². The first-order chi connectivity index (χ1) is 26.2. The lowest BCUT2D eigenvalue weighted by Crippen LogP contribution is -2.33. The highest BCUT2D eigenvalue weighted by Crippen LogP contribution is 2.61. The van der Waals surface area contributed by atoms with Gasteiger partial charge in [-0.25, -0.2) is 0 Å². The van der Waals surface area contributed by atoms with Crippen molar-refractivity contribution in [2.75, 3.05) is 4.90 Å². The molecular formula is C50H35NO2. The van der Waals surface area contributed by atoms with E-state index in [1.807, 2.05) is 24.3 Å². The lowest BCUT2D eigenvalue weighted by Gasteiger charge is -2.40. The van der Waals surface area contributed by atoms with Crippen LogP contribution in [0.15, 0.2) is 204 Å². The smallest absolute Gasteiger partial charge is 0.136 e.